The standard InChI is InChI=1S/C10H19NO/c1-6-7(2)12-9-5-3-4-8(11)10(6)9/h6-10H,3-5,11H2,1-2H3. The van der Waals surface area contributed by atoms with Gasteiger partial charge in [-0.2, -0.15) is 0 Å². The summed E-state index contributed by atoms with van der Waals surface area (Å²) >= 11 is 0. The van der Waals surface area contributed by atoms with Gasteiger partial charge in [0.25, 0.3) is 0 Å². The Hall–Kier alpha value is -0.0800. The summed E-state index contributed by atoms with van der Waals surface area (Å²) in [6, 6.07) is 0.392. The van der Waals surface area contributed by atoms with E-state index < -0.39 is 0 Å². The molecule has 5 atom stereocenters. The van der Waals surface area contributed by atoms with Crippen molar-refractivity contribution in [3.63, 3.8) is 0 Å². The van der Waals surface area contributed by atoms with E-state index in [1.165, 1.54) is 19.3 Å². The number of hydrogen-bond acceptors (Lipinski definition) is 2. The number of ether oxygens (including phenoxy) is 1. The van der Waals surface area contributed by atoms with Gasteiger partial charge in [0.2, 0.25) is 0 Å². The predicted molar refractivity (Wildman–Crippen MR) is 48.8 cm³/mol. The second kappa shape index (κ2) is 3.00. The first-order valence-corrected chi connectivity index (χ1v) is 5.11. The Morgan fingerprint density at radius 2 is 2.00 bits per heavy atom. The third kappa shape index (κ3) is 1.17. The van der Waals surface area contributed by atoms with Gasteiger partial charge in [0, 0.05) is 12.0 Å². The molecule has 12 heavy (non-hydrogen) atoms. The number of hydrogen-bond donors (Lipinski definition) is 1. The van der Waals surface area contributed by atoms with Crippen molar-refractivity contribution in [1.29, 1.82) is 0 Å². The summed E-state index contributed by atoms with van der Waals surface area (Å²) in [5.74, 6) is 1.29. The highest BCUT2D eigenvalue weighted by atomic mass is 16.5. The minimum Gasteiger partial charge on any atom is -0.375 e. The monoisotopic (exact) mass is 169 g/mol. The van der Waals surface area contributed by atoms with Gasteiger partial charge in [-0.15, -0.1) is 0 Å². The van der Waals surface area contributed by atoms with Gasteiger partial charge >= 0.3 is 0 Å². The Labute approximate surface area is 74.5 Å². The number of rotatable bonds is 0. The molecule has 0 bridgehead atoms. The maximum atomic E-state index is 6.09. The van der Waals surface area contributed by atoms with Crippen molar-refractivity contribution in [3.05, 3.63) is 0 Å². The second-order valence-corrected chi connectivity index (χ2v) is 4.41. The fourth-order valence-corrected chi connectivity index (χ4v) is 2.82. The topological polar surface area (TPSA) is 35.2 Å². The van der Waals surface area contributed by atoms with Gasteiger partial charge < -0.3 is 10.5 Å². The van der Waals surface area contributed by atoms with E-state index in [4.69, 9.17) is 10.5 Å². The molecule has 2 aliphatic rings. The SMILES string of the molecule is CC1OC2CCCC(N)C2C1C. The molecule has 1 saturated heterocycles. The average molecular weight is 169 g/mol. The zero-order valence-electron chi connectivity index (χ0n) is 7.99. The Morgan fingerprint density at radius 1 is 1.25 bits per heavy atom. The van der Waals surface area contributed by atoms with Crippen LogP contribution >= 0.6 is 0 Å². The third-order valence-corrected chi connectivity index (χ3v) is 3.69. The molecule has 1 aliphatic carbocycles. The molecule has 2 rings (SSSR count). The molecule has 2 fully saturated rings. The molecule has 1 saturated carbocycles. The van der Waals surface area contributed by atoms with E-state index in [0.717, 1.165) is 0 Å². The largest absolute Gasteiger partial charge is 0.375 e. The molecule has 0 amide bonds. The highest BCUT2D eigenvalue weighted by Gasteiger charge is 2.44. The first kappa shape index (κ1) is 8.52. The van der Waals surface area contributed by atoms with E-state index in [-0.39, 0.29) is 0 Å². The van der Waals surface area contributed by atoms with E-state index in [1.807, 2.05) is 0 Å². The molecule has 0 aromatic rings. The fraction of sp³-hybridized carbons (Fsp3) is 1.00. The molecule has 5 unspecified atom stereocenters. The summed E-state index contributed by atoms with van der Waals surface area (Å²) in [6.45, 7) is 4.45. The van der Waals surface area contributed by atoms with E-state index in [9.17, 15) is 0 Å². The van der Waals surface area contributed by atoms with E-state index in [1.54, 1.807) is 0 Å². The smallest absolute Gasteiger partial charge is 0.0625 e. The average Bonchev–Trinajstić information content (AvgIpc) is 2.29. The van der Waals surface area contributed by atoms with Gasteiger partial charge in [0.1, 0.15) is 0 Å². The Bertz CT molecular complexity index is 171. The van der Waals surface area contributed by atoms with Crippen molar-refractivity contribution < 1.29 is 4.74 Å². The van der Waals surface area contributed by atoms with Crippen LogP contribution in [0.3, 0.4) is 0 Å². The van der Waals surface area contributed by atoms with Crippen LogP contribution in [0.15, 0.2) is 0 Å². The lowest BCUT2D eigenvalue weighted by Gasteiger charge is -2.31. The van der Waals surface area contributed by atoms with Crippen LogP contribution in [0.5, 0.6) is 0 Å². The molecule has 2 heteroatoms. The van der Waals surface area contributed by atoms with E-state index in [0.29, 0.717) is 30.1 Å². The molecule has 1 heterocycles. The fourth-order valence-electron chi connectivity index (χ4n) is 2.82. The van der Waals surface area contributed by atoms with Crippen molar-refractivity contribution in [2.24, 2.45) is 17.6 Å². The van der Waals surface area contributed by atoms with Gasteiger partial charge in [-0.1, -0.05) is 6.92 Å². The van der Waals surface area contributed by atoms with Crippen molar-refractivity contribution in [3.8, 4) is 0 Å². The van der Waals surface area contributed by atoms with Crippen molar-refractivity contribution in [1.82, 2.24) is 0 Å². The van der Waals surface area contributed by atoms with Crippen LogP contribution in [0.2, 0.25) is 0 Å². The van der Waals surface area contributed by atoms with Crippen LogP contribution < -0.4 is 5.73 Å². The van der Waals surface area contributed by atoms with Gasteiger partial charge in [0.15, 0.2) is 0 Å². The van der Waals surface area contributed by atoms with Gasteiger partial charge in [-0.05, 0) is 32.1 Å². The third-order valence-electron chi connectivity index (χ3n) is 3.69. The van der Waals surface area contributed by atoms with Crippen LogP contribution in [0.1, 0.15) is 33.1 Å². The molecular formula is C10H19NO. The van der Waals surface area contributed by atoms with Crippen molar-refractivity contribution in [2.75, 3.05) is 0 Å². The lowest BCUT2D eigenvalue weighted by atomic mass is 9.76. The summed E-state index contributed by atoms with van der Waals surface area (Å²) in [6.07, 6.45) is 4.57. The van der Waals surface area contributed by atoms with Gasteiger partial charge in [-0.25, -0.2) is 0 Å². The molecule has 2 nitrogen and oxygen atoms in total. The summed E-state index contributed by atoms with van der Waals surface area (Å²) in [5, 5.41) is 0. The summed E-state index contributed by atoms with van der Waals surface area (Å²) in [5.41, 5.74) is 6.09. The van der Waals surface area contributed by atoms with Crippen LogP contribution in [-0.4, -0.2) is 18.2 Å². The zero-order chi connectivity index (χ0) is 8.72. The van der Waals surface area contributed by atoms with Crippen LogP contribution in [0.4, 0.5) is 0 Å². The summed E-state index contributed by atoms with van der Waals surface area (Å²) < 4.78 is 5.87. The van der Waals surface area contributed by atoms with Crippen molar-refractivity contribution in [2.45, 2.75) is 51.4 Å². The molecule has 0 spiro atoms. The van der Waals surface area contributed by atoms with Crippen LogP contribution in [0.25, 0.3) is 0 Å². The van der Waals surface area contributed by atoms with Crippen LogP contribution in [0, 0.1) is 11.8 Å². The maximum Gasteiger partial charge on any atom is 0.0625 e. The minimum absolute atomic E-state index is 0.392. The predicted octanol–water partition coefficient (Wildman–Crippen LogP) is 1.54. The zero-order valence-corrected chi connectivity index (χ0v) is 7.99. The quantitative estimate of drug-likeness (QED) is 0.597. The first-order chi connectivity index (χ1) is 5.70. The molecular weight excluding hydrogens is 150 g/mol. The van der Waals surface area contributed by atoms with Crippen molar-refractivity contribution >= 4 is 0 Å². The lowest BCUT2D eigenvalue weighted by Crippen LogP contribution is -2.41. The molecule has 0 radical (unpaired) electrons. The molecule has 0 aromatic carbocycles. The van der Waals surface area contributed by atoms with E-state index >= 15 is 0 Å². The van der Waals surface area contributed by atoms with Gasteiger partial charge in [0.05, 0.1) is 12.2 Å². The summed E-state index contributed by atoms with van der Waals surface area (Å²) in [4.78, 5) is 0. The summed E-state index contributed by atoms with van der Waals surface area (Å²) in [7, 11) is 0. The molecule has 1 aliphatic heterocycles. The lowest BCUT2D eigenvalue weighted by molar-refractivity contribution is 0.0216. The minimum atomic E-state index is 0.392. The van der Waals surface area contributed by atoms with Crippen LogP contribution in [-0.2, 0) is 4.74 Å². The second-order valence-electron chi connectivity index (χ2n) is 4.41. The molecule has 0 aromatic heterocycles. The van der Waals surface area contributed by atoms with Gasteiger partial charge in [-0.3, -0.25) is 0 Å². The molecule has 2 N–H and O–H groups in total. The molecule has 70 valence electrons. The highest BCUT2D eigenvalue weighted by molar-refractivity contribution is 4.94. The Kier molecular flexibility index (Phi) is 2.13. The maximum absolute atomic E-state index is 6.09. The Balaban J connectivity index is 2.12. The first-order valence-electron chi connectivity index (χ1n) is 5.11. The normalized spacial score (nSPS) is 53.8. The number of nitrogens with two attached hydrogens (primary N) is 1. The Morgan fingerprint density at radius 3 is 2.67 bits per heavy atom. The highest BCUT2D eigenvalue weighted by Crippen LogP contribution is 2.40. The van der Waals surface area contributed by atoms with E-state index in [2.05, 4.69) is 13.8 Å². The number of fused-ring (bicyclic) bond motifs is 1.